The van der Waals surface area contributed by atoms with Crippen molar-refractivity contribution in [2.24, 2.45) is 0 Å². The average molecular weight is 944 g/mol. The molecule has 5 nitrogen and oxygen atoms in total. The Labute approximate surface area is 421 Å². The summed E-state index contributed by atoms with van der Waals surface area (Å²) in [5.74, 6) is -0.452. The quantitative estimate of drug-likeness (QED) is 0.0345. The van der Waals surface area contributed by atoms with Crippen molar-refractivity contribution in [2.45, 2.75) is 258 Å². The summed E-state index contributed by atoms with van der Waals surface area (Å²) in [5, 5.41) is 0. The summed E-state index contributed by atoms with van der Waals surface area (Å²) in [5.41, 5.74) is 0. The minimum atomic E-state index is -0.589. The van der Waals surface area contributed by atoms with Crippen LogP contribution < -0.4 is 0 Å². The molecule has 68 heavy (non-hydrogen) atoms. The molecule has 0 heterocycles. The summed E-state index contributed by atoms with van der Waals surface area (Å²) in [6.45, 7) is 7.39. The molecule has 0 spiro atoms. The van der Waals surface area contributed by atoms with Crippen molar-refractivity contribution in [3.63, 3.8) is 0 Å². The minimum Gasteiger partial charge on any atom is -0.462 e. The number of hydrogen-bond acceptors (Lipinski definition) is 5. The van der Waals surface area contributed by atoms with Gasteiger partial charge in [-0.25, -0.2) is 0 Å². The van der Waals surface area contributed by atoms with Crippen LogP contribution in [0.2, 0.25) is 0 Å². The zero-order valence-corrected chi connectivity index (χ0v) is 44.6. The Hall–Kier alpha value is -3.44. The minimum absolute atomic E-state index is 0.0453. The molecule has 0 aromatic heterocycles. The molecule has 0 aromatic rings. The summed E-state index contributed by atoms with van der Waals surface area (Å²) in [6.07, 6.45) is 79.9. The molecule has 0 amide bonds. The Bertz CT molecular complexity index is 1340. The van der Waals surface area contributed by atoms with Gasteiger partial charge >= 0.3 is 11.9 Å². The van der Waals surface area contributed by atoms with Gasteiger partial charge in [0.25, 0.3) is 0 Å². The van der Waals surface area contributed by atoms with E-state index in [1.165, 1.54) is 116 Å². The molecular weight excluding hydrogens is 837 g/mol. The van der Waals surface area contributed by atoms with Gasteiger partial charge in [0.15, 0.2) is 6.10 Å². The van der Waals surface area contributed by atoms with Gasteiger partial charge in [-0.1, -0.05) is 239 Å². The van der Waals surface area contributed by atoms with E-state index in [0.29, 0.717) is 19.4 Å². The Kier molecular flexibility index (Phi) is 54.9. The summed E-state index contributed by atoms with van der Waals surface area (Å²) >= 11 is 0. The van der Waals surface area contributed by atoms with Crippen LogP contribution in [-0.2, 0) is 23.8 Å². The number of allylic oxidation sites excluding steroid dienone is 17. The molecule has 0 radical (unpaired) electrons. The van der Waals surface area contributed by atoms with Gasteiger partial charge in [0.05, 0.1) is 13.2 Å². The second kappa shape index (κ2) is 57.9. The zero-order chi connectivity index (χ0) is 49.2. The topological polar surface area (TPSA) is 61.8 Å². The molecule has 5 heteroatoms. The lowest BCUT2D eigenvalue weighted by molar-refractivity contribution is -0.162. The lowest BCUT2D eigenvalue weighted by atomic mass is 10.1. The first-order chi connectivity index (χ1) is 33.6. The third-order valence-corrected chi connectivity index (χ3v) is 11.8. The molecule has 0 N–H and O–H groups in total. The highest BCUT2D eigenvalue weighted by Gasteiger charge is 2.17. The molecule has 0 fully saturated rings. The van der Waals surface area contributed by atoms with Crippen molar-refractivity contribution < 1.29 is 23.8 Å². The van der Waals surface area contributed by atoms with Crippen LogP contribution in [0.5, 0.6) is 0 Å². The number of carbonyl (C=O) groups is 2. The van der Waals surface area contributed by atoms with E-state index in [9.17, 15) is 9.59 Å². The van der Waals surface area contributed by atoms with Crippen LogP contribution in [0.3, 0.4) is 0 Å². The molecule has 0 saturated carbocycles. The summed E-state index contributed by atoms with van der Waals surface area (Å²) in [4.78, 5) is 25.5. The normalized spacial score (nSPS) is 13.0. The highest BCUT2D eigenvalue weighted by Crippen LogP contribution is 2.14. The van der Waals surface area contributed by atoms with Crippen LogP contribution >= 0.6 is 0 Å². The van der Waals surface area contributed by atoms with Crippen LogP contribution in [0.25, 0.3) is 0 Å². The third-order valence-electron chi connectivity index (χ3n) is 11.8. The van der Waals surface area contributed by atoms with E-state index >= 15 is 0 Å². The zero-order valence-electron chi connectivity index (χ0n) is 44.6. The predicted octanol–water partition coefficient (Wildman–Crippen LogP) is 19.6. The van der Waals surface area contributed by atoms with E-state index in [-0.39, 0.29) is 25.2 Å². The van der Waals surface area contributed by atoms with Gasteiger partial charge in [0.2, 0.25) is 0 Å². The second-order valence-electron chi connectivity index (χ2n) is 18.4. The van der Waals surface area contributed by atoms with Crippen molar-refractivity contribution in [1.82, 2.24) is 0 Å². The number of hydrogen-bond donors (Lipinski definition) is 0. The third kappa shape index (κ3) is 55.2. The van der Waals surface area contributed by atoms with Gasteiger partial charge in [0.1, 0.15) is 6.61 Å². The van der Waals surface area contributed by atoms with Gasteiger partial charge in [-0.3, -0.25) is 9.59 Å². The van der Waals surface area contributed by atoms with Crippen LogP contribution in [0, 0.1) is 0 Å². The molecule has 1 unspecified atom stereocenters. The number of esters is 2. The fourth-order valence-electron chi connectivity index (χ4n) is 7.64. The maximum atomic E-state index is 12.8. The lowest BCUT2D eigenvalue weighted by Crippen LogP contribution is -2.30. The smallest absolute Gasteiger partial charge is 0.306 e. The number of carbonyl (C=O) groups excluding carboxylic acids is 2. The van der Waals surface area contributed by atoms with Crippen LogP contribution in [0.1, 0.15) is 252 Å². The van der Waals surface area contributed by atoms with Gasteiger partial charge in [-0.15, -0.1) is 0 Å². The van der Waals surface area contributed by atoms with Gasteiger partial charge in [-0.05, 0) is 109 Å². The van der Waals surface area contributed by atoms with E-state index in [4.69, 9.17) is 14.2 Å². The van der Waals surface area contributed by atoms with E-state index in [2.05, 4.69) is 130 Å². The Balaban J connectivity index is 4.39. The van der Waals surface area contributed by atoms with Crippen molar-refractivity contribution in [1.29, 1.82) is 0 Å². The molecule has 0 aliphatic heterocycles. The maximum Gasteiger partial charge on any atom is 0.306 e. The predicted molar refractivity (Wildman–Crippen MR) is 297 cm³/mol. The first-order valence-electron chi connectivity index (χ1n) is 28.4. The molecule has 0 aromatic carbocycles. The number of rotatable bonds is 51. The molecular formula is C63H106O5. The van der Waals surface area contributed by atoms with Crippen molar-refractivity contribution in [3.8, 4) is 0 Å². The summed E-state index contributed by atoms with van der Waals surface area (Å²) < 4.78 is 17.4. The van der Waals surface area contributed by atoms with Gasteiger partial charge in [0, 0.05) is 12.8 Å². The number of unbranched alkanes of at least 4 members (excludes halogenated alkanes) is 22. The SMILES string of the molecule is CC/C=C\C/C=C\C/C=C\C/C=C\C/C=C\CCOCC(COC(=O)CCCCCCCCCCC/C=C\CCCCCCCC)OC(=O)CCCCCCCCC/C=C\C/C=C\C/C=C\CC. The fraction of sp³-hybridized carbons (Fsp3) is 0.683. The molecule has 0 saturated heterocycles. The molecule has 0 aliphatic rings. The summed E-state index contributed by atoms with van der Waals surface area (Å²) in [7, 11) is 0. The lowest BCUT2D eigenvalue weighted by Gasteiger charge is -2.18. The largest absolute Gasteiger partial charge is 0.462 e. The van der Waals surface area contributed by atoms with Crippen molar-refractivity contribution in [3.05, 3.63) is 109 Å². The Morgan fingerprint density at radius 3 is 1.07 bits per heavy atom. The van der Waals surface area contributed by atoms with E-state index in [0.717, 1.165) is 103 Å². The second-order valence-corrected chi connectivity index (χ2v) is 18.4. The standard InChI is InChI=1S/C63H106O5/c1-4-7-10-13-16-19-22-25-28-31-32-34-35-38-41-44-47-50-53-56-62(64)67-60-61(59-66-58-55-52-49-46-43-40-37-30-27-24-21-18-15-12-9-6-3)68-63(65)57-54-51-48-45-42-39-36-33-29-26-23-20-17-14-11-8-5-2/h8-9,11-12,17-18,20-21,25-30,40,43,49,52,61H,4-7,10,13-16,19,22-24,31-39,41-42,44-48,50-51,53-60H2,1-3H3/b11-8-,12-9-,20-17-,21-18-,28-25-,29-26-,30-27-,43-40-,52-49-. The van der Waals surface area contributed by atoms with Crippen molar-refractivity contribution in [2.75, 3.05) is 19.8 Å². The van der Waals surface area contributed by atoms with Crippen molar-refractivity contribution >= 4 is 11.9 Å². The molecule has 0 rings (SSSR count). The number of ether oxygens (including phenoxy) is 3. The first-order valence-corrected chi connectivity index (χ1v) is 28.4. The highest BCUT2D eigenvalue weighted by atomic mass is 16.6. The molecule has 388 valence electrons. The fourth-order valence-corrected chi connectivity index (χ4v) is 7.64. The average Bonchev–Trinajstić information content (AvgIpc) is 3.34. The Morgan fingerprint density at radius 1 is 0.338 bits per heavy atom. The summed E-state index contributed by atoms with van der Waals surface area (Å²) in [6, 6.07) is 0. The maximum absolute atomic E-state index is 12.8. The monoisotopic (exact) mass is 943 g/mol. The van der Waals surface area contributed by atoms with Crippen LogP contribution in [-0.4, -0.2) is 37.9 Å². The van der Waals surface area contributed by atoms with E-state index in [1.807, 2.05) is 0 Å². The Morgan fingerprint density at radius 2 is 0.662 bits per heavy atom. The highest BCUT2D eigenvalue weighted by molar-refractivity contribution is 5.70. The first kappa shape index (κ1) is 64.6. The van der Waals surface area contributed by atoms with Crippen LogP contribution in [0.15, 0.2) is 109 Å². The van der Waals surface area contributed by atoms with Gasteiger partial charge in [-0.2, -0.15) is 0 Å². The molecule has 0 aliphatic carbocycles. The molecule has 0 bridgehead atoms. The van der Waals surface area contributed by atoms with Crippen LogP contribution in [0.4, 0.5) is 0 Å². The van der Waals surface area contributed by atoms with E-state index in [1.54, 1.807) is 0 Å². The van der Waals surface area contributed by atoms with Gasteiger partial charge < -0.3 is 14.2 Å². The molecule has 1 atom stereocenters. The van der Waals surface area contributed by atoms with E-state index < -0.39 is 6.10 Å².